The van der Waals surface area contributed by atoms with Gasteiger partial charge in [0.25, 0.3) is 0 Å². The van der Waals surface area contributed by atoms with Gasteiger partial charge in [0.1, 0.15) is 34.6 Å². The molecule has 0 atom stereocenters. The van der Waals surface area contributed by atoms with E-state index in [1.54, 1.807) is 60.7 Å². The van der Waals surface area contributed by atoms with Gasteiger partial charge in [-0.15, -0.1) is 0 Å². The normalized spacial score (nSPS) is 10.8. The van der Waals surface area contributed by atoms with E-state index in [0.717, 1.165) is 0 Å². The third kappa shape index (κ3) is 4.97. The molecule has 0 aromatic heterocycles. The van der Waals surface area contributed by atoms with Gasteiger partial charge in [0.15, 0.2) is 9.84 Å². The highest BCUT2D eigenvalue weighted by atomic mass is 32.2. The minimum atomic E-state index is -3.87. The monoisotopic (exact) mass is 441 g/mol. The van der Waals surface area contributed by atoms with Crippen molar-refractivity contribution in [2.24, 2.45) is 0 Å². The maximum atomic E-state index is 13.3. The molecule has 0 heterocycles. The zero-order valence-corrected chi connectivity index (χ0v) is 17.8. The Labute approximate surface area is 187 Å². The van der Waals surface area contributed by atoms with Gasteiger partial charge in [-0.2, -0.15) is 5.26 Å². The smallest absolute Gasteiger partial charge is 0.184 e. The number of benzene rings is 4. The highest BCUT2D eigenvalue weighted by Gasteiger charge is 2.25. The first kappa shape index (κ1) is 21.2. The lowest BCUT2D eigenvalue weighted by atomic mass is 10.2. The molecule has 0 spiro atoms. The number of nitrogens with zero attached hydrogens (tertiary/aromatic N) is 1. The van der Waals surface area contributed by atoms with Gasteiger partial charge in [-0.1, -0.05) is 66.7 Å². The SMILES string of the molecule is N#Cc1c(Oc2ccccc2)cc(Oc2ccccc2)cc1S(=O)(=O)Cc1ccccc1. The van der Waals surface area contributed by atoms with Crippen LogP contribution in [-0.2, 0) is 15.6 Å². The molecule has 0 saturated carbocycles. The molecule has 4 aromatic rings. The molecule has 0 aliphatic heterocycles. The lowest BCUT2D eigenvalue weighted by Crippen LogP contribution is -2.08. The first-order chi connectivity index (χ1) is 15.5. The van der Waals surface area contributed by atoms with Crippen molar-refractivity contribution in [3.8, 4) is 29.1 Å². The summed E-state index contributed by atoms with van der Waals surface area (Å²) in [6.07, 6.45) is 0. The van der Waals surface area contributed by atoms with Crippen molar-refractivity contribution < 1.29 is 17.9 Å². The van der Waals surface area contributed by atoms with Gasteiger partial charge in [-0.3, -0.25) is 0 Å². The Morgan fingerprint density at radius 1 is 0.688 bits per heavy atom. The third-order valence-electron chi connectivity index (χ3n) is 4.64. The second-order valence-electron chi connectivity index (χ2n) is 6.98. The average molecular weight is 442 g/mol. The van der Waals surface area contributed by atoms with Crippen LogP contribution in [0.1, 0.15) is 11.1 Å². The van der Waals surface area contributed by atoms with Crippen molar-refractivity contribution in [2.45, 2.75) is 10.6 Å². The van der Waals surface area contributed by atoms with Gasteiger partial charge in [0.05, 0.1) is 10.6 Å². The number of ether oxygens (including phenoxy) is 2. The minimum Gasteiger partial charge on any atom is -0.457 e. The lowest BCUT2D eigenvalue weighted by Gasteiger charge is -2.15. The zero-order chi connectivity index (χ0) is 22.4. The Morgan fingerprint density at radius 3 is 1.78 bits per heavy atom. The van der Waals surface area contributed by atoms with E-state index >= 15 is 0 Å². The number of sulfone groups is 1. The molecule has 5 nitrogen and oxygen atoms in total. The summed E-state index contributed by atoms with van der Waals surface area (Å²) in [5.41, 5.74) is 0.557. The van der Waals surface area contributed by atoms with E-state index < -0.39 is 9.84 Å². The molecule has 0 amide bonds. The summed E-state index contributed by atoms with van der Waals surface area (Å²) in [5, 5.41) is 9.85. The van der Waals surface area contributed by atoms with Gasteiger partial charge >= 0.3 is 0 Å². The van der Waals surface area contributed by atoms with Crippen molar-refractivity contribution in [1.29, 1.82) is 5.26 Å². The predicted molar refractivity (Wildman–Crippen MR) is 122 cm³/mol. The van der Waals surface area contributed by atoms with Crippen LogP contribution in [0.3, 0.4) is 0 Å². The molecule has 0 aliphatic carbocycles. The van der Waals surface area contributed by atoms with E-state index in [1.165, 1.54) is 12.1 Å². The molecule has 0 fully saturated rings. The van der Waals surface area contributed by atoms with Crippen LogP contribution in [0.4, 0.5) is 0 Å². The standard InChI is InChI=1S/C26H19NO4S/c27-18-24-25(31-22-14-8-3-9-15-22)16-23(30-21-12-6-2-7-13-21)17-26(24)32(28,29)19-20-10-4-1-5-11-20/h1-17H,19H2. The molecule has 0 N–H and O–H groups in total. The third-order valence-corrected chi connectivity index (χ3v) is 6.34. The quantitative estimate of drug-likeness (QED) is 0.345. The van der Waals surface area contributed by atoms with Crippen LogP contribution in [0.15, 0.2) is 108 Å². The largest absolute Gasteiger partial charge is 0.457 e. The molecule has 0 saturated heterocycles. The molecule has 0 bridgehead atoms. The summed E-state index contributed by atoms with van der Waals surface area (Å²) in [6.45, 7) is 0. The number of hydrogen-bond donors (Lipinski definition) is 0. The average Bonchev–Trinajstić information content (AvgIpc) is 2.80. The van der Waals surface area contributed by atoms with E-state index in [0.29, 0.717) is 17.1 Å². The van der Waals surface area contributed by atoms with Crippen molar-refractivity contribution in [3.63, 3.8) is 0 Å². The maximum absolute atomic E-state index is 13.3. The Kier molecular flexibility index (Phi) is 6.20. The Balaban J connectivity index is 1.82. The van der Waals surface area contributed by atoms with Gasteiger partial charge in [-0.05, 0) is 29.8 Å². The number of para-hydroxylation sites is 2. The number of hydrogen-bond acceptors (Lipinski definition) is 5. The molecular formula is C26H19NO4S. The van der Waals surface area contributed by atoms with Gasteiger partial charge < -0.3 is 9.47 Å². The predicted octanol–water partition coefficient (Wildman–Crippen LogP) is 6.12. The van der Waals surface area contributed by atoms with Crippen LogP contribution < -0.4 is 9.47 Å². The molecule has 32 heavy (non-hydrogen) atoms. The molecule has 4 aromatic carbocycles. The summed E-state index contributed by atoms with van der Waals surface area (Å²) < 4.78 is 38.4. The van der Waals surface area contributed by atoms with Crippen LogP contribution in [0.25, 0.3) is 0 Å². The molecule has 0 aliphatic rings. The van der Waals surface area contributed by atoms with Crippen molar-refractivity contribution in [3.05, 3.63) is 114 Å². The minimum absolute atomic E-state index is 0.0646. The molecule has 0 unspecified atom stereocenters. The molecular weight excluding hydrogens is 422 g/mol. The molecule has 6 heteroatoms. The van der Waals surface area contributed by atoms with Gasteiger partial charge in [0.2, 0.25) is 0 Å². The highest BCUT2D eigenvalue weighted by Crippen LogP contribution is 2.37. The molecule has 0 radical (unpaired) electrons. The van der Waals surface area contributed by atoms with E-state index in [2.05, 4.69) is 0 Å². The second-order valence-corrected chi connectivity index (χ2v) is 8.94. The maximum Gasteiger partial charge on any atom is 0.184 e. The van der Waals surface area contributed by atoms with Crippen LogP contribution in [0.5, 0.6) is 23.0 Å². The summed E-state index contributed by atoms with van der Waals surface area (Å²) in [5.74, 6) is 1.13. The fourth-order valence-electron chi connectivity index (χ4n) is 3.17. The lowest BCUT2D eigenvalue weighted by molar-refractivity contribution is 0.456. The zero-order valence-electron chi connectivity index (χ0n) is 17.0. The van der Waals surface area contributed by atoms with Crippen molar-refractivity contribution >= 4 is 9.84 Å². The Bertz CT molecular complexity index is 1350. The van der Waals surface area contributed by atoms with Crippen LogP contribution in [0.2, 0.25) is 0 Å². The first-order valence-electron chi connectivity index (χ1n) is 9.86. The fourth-order valence-corrected chi connectivity index (χ4v) is 4.71. The molecule has 158 valence electrons. The highest BCUT2D eigenvalue weighted by molar-refractivity contribution is 7.90. The number of nitriles is 1. The Hall–Kier alpha value is -4.08. The van der Waals surface area contributed by atoms with Gasteiger partial charge in [-0.25, -0.2) is 8.42 Å². The topological polar surface area (TPSA) is 76.4 Å². The van der Waals surface area contributed by atoms with Crippen LogP contribution in [-0.4, -0.2) is 8.42 Å². The second kappa shape index (κ2) is 9.38. The van der Waals surface area contributed by atoms with Crippen LogP contribution in [0, 0.1) is 11.3 Å². The van der Waals surface area contributed by atoms with E-state index in [9.17, 15) is 13.7 Å². The first-order valence-corrected chi connectivity index (χ1v) is 11.5. The Morgan fingerprint density at radius 2 is 1.22 bits per heavy atom. The summed E-state index contributed by atoms with van der Waals surface area (Å²) >= 11 is 0. The van der Waals surface area contributed by atoms with Gasteiger partial charge in [0, 0.05) is 12.1 Å². The van der Waals surface area contributed by atoms with Crippen molar-refractivity contribution in [1.82, 2.24) is 0 Å². The van der Waals surface area contributed by atoms with Crippen LogP contribution >= 0.6 is 0 Å². The van der Waals surface area contributed by atoms with E-state index in [1.807, 2.05) is 36.4 Å². The summed E-state index contributed by atoms with van der Waals surface area (Å²) in [7, 11) is -3.87. The fraction of sp³-hybridized carbons (Fsp3) is 0.0385. The van der Waals surface area contributed by atoms with E-state index in [-0.39, 0.29) is 27.7 Å². The summed E-state index contributed by atoms with van der Waals surface area (Å²) in [4.78, 5) is -0.136. The summed E-state index contributed by atoms with van der Waals surface area (Å²) in [6, 6.07) is 31.6. The molecule has 4 rings (SSSR count). The number of rotatable bonds is 7. The van der Waals surface area contributed by atoms with Crippen molar-refractivity contribution in [2.75, 3.05) is 0 Å². The van der Waals surface area contributed by atoms with E-state index in [4.69, 9.17) is 9.47 Å².